The second kappa shape index (κ2) is 31.4. The largest absolute Gasteiger partial charge is 0.494 e. The summed E-state index contributed by atoms with van der Waals surface area (Å²) in [5.41, 5.74) is 24.4. The number of hydrogen-bond acceptors (Lipinski definition) is 2. The van der Waals surface area contributed by atoms with E-state index < -0.39 is 0 Å². The van der Waals surface area contributed by atoms with E-state index in [1.807, 2.05) is 0 Å². The molecule has 0 amide bonds. The quantitative estimate of drug-likeness (QED) is 0.0751. The highest BCUT2D eigenvalue weighted by molar-refractivity contribution is 9.10. The maximum absolute atomic E-state index is 6.23. The molecule has 0 bridgehead atoms. The number of benzene rings is 9. The standard InChI is InChI=1S/C42H46.C24H33BO2.C12H8Br2.CH4/c1-5-9-11-31-13-17-37(18-14-31)41-27-25-39(29-33(41)7-3)35-21-23-36(24-22-35)40-26-28-42(34(8-4)30-40)38-19-15-32(16-20-38)12-10-6-2;1-7-9-10-18-11-13-20(14-12-18)22-16-15-21(17-19(22)8-2)25-26-23(3,4)24(5,6)27-25;13-11-5-1-9(2-6-11)10-3-7-12(14)8-4-10;/h13-30H,5-12H2,1-4H3;11-17H,7-10H2,1-6H3;1-8H;1H4. The Bertz CT molecular complexity index is 3270. The molecule has 0 atom stereocenters. The molecule has 0 spiro atoms. The first-order chi connectivity index (χ1) is 40.2. The Morgan fingerprint density at radius 1 is 0.321 bits per heavy atom. The molecular formula is C79H91BBr2O2. The number of hydrogen-bond donors (Lipinski definition) is 0. The van der Waals surface area contributed by atoms with E-state index in [1.165, 1.54) is 152 Å². The monoisotopic (exact) mass is 1240 g/mol. The lowest BCUT2D eigenvalue weighted by atomic mass is 9.77. The van der Waals surface area contributed by atoms with E-state index >= 15 is 0 Å². The van der Waals surface area contributed by atoms with Crippen LogP contribution in [0.4, 0.5) is 0 Å². The topological polar surface area (TPSA) is 18.5 Å². The third-order valence-corrected chi connectivity index (χ3v) is 17.9. The van der Waals surface area contributed by atoms with Crippen molar-refractivity contribution in [3.8, 4) is 66.8 Å². The van der Waals surface area contributed by atoms with E-state index in [0.29, 0.717) is 0 Å². The van der Waals surface area contributed by atoms with Crippen molar-refractivity contribution in [1.82, 2.24) is 0 Å². The van der Waals surface area contributed by atoms with Gasteiger partial charge in [0.25, 0.3) is 0 Å². The first-order valence-corrected chi connectivity index (χ1v) is 32.4. The van der Waals surface area contributed by atoms with Gasteiger partial charge in [-0.1, -0.05) is 276 Å². The number of halogens is 2. The van der Waals surface area contributed by atoms with E-state index in [2.05, 4.69) is 301 Å². The van der Waals surface area contributed by atoms with Crippen molar-refractivity contribution in [2.24, 2.45) is 0 Å². The summed E-state index contributed by atoms with van der Waals surface area (Å²) in [7, 11) is -0.300. The van der Waals surface area contributed by atoms with Crippen molar-refractivity contribution in [3.05, 3.63) is 243 Å². The van der Waals surface area contributed by atoms with Crippen molar-refractivity contribution in [1.29, 1.82) is 0 Å². The summed E-state index contributed by atoms with van der Waals surface area (Å²) >= 11 is 6.84. The maximum Gasteiger partial charge on any atom is 0.494 e. The summed E-state index contributed by atoms with van der Waals surface area (Å²) in [6.45, 7) is 21.9. The van der Waals surface area contributed by atoms with Crippen LogP contribution < -0.4 is 5.46 Å². The van der Waals surface area contributed by atoms with Gasteiger partial charge in [0.15, 0.2) is 0 Å². The second-order valence-electron chi connectivity index (χ2n) is 23.3. The SMILES string of the molecule is Brc1ccc(-c2ccc(Br)cc2)cc1.C.CCCCc1ccc(-c2ccc(-c3ccc(-c4ccc(-c5ccc(CCCC)cc5)c(CC)c4)cc3)cc2CC)cc1.CCCCc1ccc(-c2ccc(B3OC(C)(C)C(C)(C)O3)cc2CC)cc1. The van der Waals surface area contributed by atoms with E-state index in [9.17, 15) is 0 Å². The summed E-state index contributed by atoms with van der Waals surface area (Å²) in [4.78, 5) is 0. The molecule has 1 saturated heterocycles. The van der Waals surface area contributed by atoms with Crippen molar-refractivity contribution in [2.75, 3.05) is 0 Å². The third kappa shape index (κ3) is 17.1. The van der Waals surface area contributed by atoms with Crippen molar-refractivity contribution < 1.29 is 9.31 Å². The van der Waals surface area contributed by atoms with Crippen LogP contribution in [0.2, 0.25) is 0 Å². The average Bonchev–Trinajstić information content (AvgIpc) is 3.60. The van der Waals surface area contributed by atoms with Gasteiger partial charge in [-0.2, -0.15) is 0 Å². The molecule has 0 radical (unpaired) electrons. The predicted molar refractivity (Wildman–Crippen MR) is 374 cm³/mol. The normalized spacial score (nSPS) is 13.1. The zero-order chi connectivity index (χ0) is 58.9. The highest BCUT2D eigenvalue weighted by Crippen LogP contribution is 2.38. The molecule has 0 N–H and O–H groups in total. The summed E-state index contributed by atoms with van der Waals surface area (Å²) < 4.78 is 14.7. The van der Waals surface area contributed by atoms with Gasteiger partial charge in [0.05, 0.1) is 11.2 Å². The van der Waals surface area contributed by atoms with Crippen molar-refractivity contribution >= 4 is 44.4 Å². The lowest BCUT2D eigenvalue weighted by Gasteiger charge is -2.32. The molecule has 9 aromatic carbocycles. The molecule has 1 aliphatic rings. The molecule has 10 rings (SSSR count). The van der Waals surface area contributed by atoms with E-state index in [4.69, 9.17) is 9.31 Å². The summed E-state index contributed by atoms with van der Waals surface area (Å²) in [6.07, 6.45) is 14.0. The van der Waals surface area contributed by atoms with Gasteiger partial charge < -0.3 is 9.31 Å². The molecule has 436 valence electrons. The highest BCUT2D eigenvalue weighted by Gasteiger charge is 2.51. The van der Waals surface area contributed by atoms with E-state index in [1.54, 1.807) is 0 Å². The summed E-state index contributed by atoms with van der Waals surface area (Å²) in [5.74, 6) is 0. The fourth-order valence-electron chi connectivity index (χ4n) is 10.8. The molecule has 9 aromatic rings. The Kier molecular flexibility index (Phi) is 24.4. The Hall–Kier alpha value is -6.08. The fraction of sp³-hybridized carbons (Fsp3) is 0.316. The molecule has 1 fully saturated rings. The van der Waals surface area contributed by atoms with Crippen LogP contribution in [0, 0.1) is 0 Å². The molecular weight excluding hydrogens is 1150 g/mol. The minimum absolute atomic E-state index is 0. The lowest BCUT2D eigenvalue weighted by Crippen LogP contribution is -2.41. The molecule has 1 aliphatic heterocycles. The molecule has 2 nitrogen and oxygen atoms in total. The van der Waals surface area contributed by atoms with Gasteiger partial charge in [0.1, 0.15) is 0 Å². The van der Waals surface area contributed by atoms with Crippen molar-refractivity contribution in [3.63, 3.8) is 0 Å². The van der Waals surface area contributed by atoms with E-state index in [0.717, 1.165) is 40.1 Å². The number of unbranched alkanes of at least 4 members (excludes halogenated alkanes) is 3. The molecule has 0 aliphatic carbocycles. The summed E-state index contributed by atoms with van der Waals surface area (Å²) in [6, 6.07) is 73.8. The van der Waals surface area contributed by atoms with Gasteiger partial charge in [-0.15, -0.1) is 0 Å². The van der Waals surface area contributed by atoms with Crippen LogP contribution in [0.25, 0.3) is 66.8 Å². The Morgan fingerprint density at radius 3 is 0.893 bits per heavy atom. The van der Waals surface area contributed by atoms with Gasteiger partial charge >= 0.3 is 7.12 Å². The van der Waals surface area contributed by atoms with Crippen LogP contribution >= 0.6 is 31.9 Å². The zero-order valence-corrected chi connectivity index (χ0v) is 54.4. The second-order valence-corrected chi connectivity index (χ2v) is 25.1. The Morgan fingerprint density at radius 2 is 0.583 bits per heavy atom. The van der Waals surface area contributed by atoms with Crippen LogP contribution in [-0.4, -0.2) is 18.3 Å². The smallest absolute Gasteiger partial charge is 0.399 e. The van der Waals surface area contributed by atoms with Crippen LogP contribution in [0.3, 0.4) is 0 Å². The first kappa shape index (κ1) is 65.5. The number of aryl methyl sites for hydroxylation is 6. The van der Waals surface area contributed by atoms with Crippen LogP contribution in [0.1, 0.15) is 149 Å². The zero-order valence-electron chi connectivity index (χ0n) is 51.2. The fourth-order valence-corrected chi connectivity index (χ4v) is 11.4. The number of rotatable bonds is 19. The van der Waals surface area contributed by atoms with Crippen LogP contribution in [0.5, 0.6) is 0 Å². The minimum atomic E-state index is -0.308. The molecule has 5 heteroatoms. The average molecular weight is 1240 g/mol. The lowest BCUT2D eigenvalue weighted by molar-refractivity contribution is 0.00578. The van der Waals surface area contributed by atoms with E-state index in [-0.39, 0.29) is 25.7 Å². The van der Waals surface area contributed by atoms with Gasteiger partial charge in [-0.3, -0.25) is 0 Å². The predicted octanol–water partition coefficient (Wildman–Crippen LogP) is 23.2. The molecule has 0 aromatic heterocycles. The van der Waals surface area contributed by atoms with Gasteiger partial charge in [0.2, 0.25) is 0 Å². The minimum Gasteiger partial charge on any atom is -0.399 e. The maximum atomic E-state index is 6.23. The molecule has 0 unspecified atom stereocenters. The highest BCUT2D eigenvalue weighted by atomic mass is 79.9. The Labute approximate surface area is 524 Å². The third-order valence-electron chi connectivity index (χ3n) is 16.8. The molecule has 0 saturated carbocycles. The van der Waals surface area contributed by atoms with Crippen LogP contribution in [-0.2, 0) is 47.8 Å². The van der Waals surface area contributed by atoms with Gasteiger partial charge in [-0.05, 0) is 215 Å². The van der Waals surface area contributed by atoms with Crippen LogP contribution in [0.15, 0.2) is 209 Å². The molecule has 84 heavy (non-hydrogen) atoms. The Balaban J connectivity index is 0.000000205. The van der Waals surface area contributed by atoms with Gasteiger partial charge in [0, 0.05) is 8.95 Å². The van der Waals surface area contributed by atoms with Crippen molar-refractivity contribution in [2.45, 2.75) is 165 Å². The summed E-state index contributed by atoms with van der Waals surface area (Å²) in [5, 5.41) is 0. The first-order valence-electron chi connectivity index (χ1n) is 30.8. The van der Waals surface area contributed by atoms with Gasteiger partial charge in [-0.25, -0.2) is 0 Å². The molecule has 1 heterocycles.